The lowest BCUT2D eigenvalue weighted by Gasteiger charge is -2.39. The van der Waals surface area contributed by atoms with Crippen molar-refractivity contribution in [3.05, 3.63) is 120 Å². The second-order valence-electron chi connectivity index (χ2n) is 7.50. The van der Waals surface area contributed by atoms with E-state index in [9.17, 15) is 0 Å². The Morgan fingerprint density at radius 1 is 0.643 bits per heavy atom. The van der Waals surface area contributed by atoms with Gasteiger partial charge in [-0.25, -0.2) is 0 Å². The van der Waals surface area contributed by atoms with Crippen molar-refractivity contribution in [1.29, 1.82) is 0 Å². The van der Waals surface area contributed by atoms with Crippen LogP contribution in [0.4, 0.5) is 0 Å². The van der Waals surface area contributed by atoms with Gasteiger partial charge in [0.05, 0.1) is 5.54 Å². The van der Waals surface area contributed by atoms with Gasteiger partial charge in [-0.15, -0.1) is 0 Å². The molecule has 0 aliphatic carbocycles. The summed E-state index contributed by atoms with van der Waals surface area (Å²) in [5, 5.41) is 6.53. The fraction of sp³-hybridized carbons (Fsp3) is 0.185. The van der Waals surface area contributed by atoms with Gasteiger partial charge in [0.15, 0.2) is 0 Å². The molecule has 0 heterocycles. The zero-order valence-electron chi connectivity index (χ0n) is 16.6. The molecule has 1 nitrogen and oxygen atoms in total. The lowest BCUT2D eigenvalue weighted by Crippen LogP contribution is -2.48. The molecule has 0 saturated carbocycles. The highest BCUT2D eigenvalue weighted by Crippen LogP contribution is 2.38. The molecule has 4 aromatic rings. The van der Waals surface area contributed by atoms with Gasteiger partial charge in [0, 0.05) is 6.04 Å². The number of benzene rings is 4. The molecule has 1 atom stereocenters. The van der Waals surface area contributed by atoms with E-state index in [0.717, 1.165) is 6.42 Å². The summed E-state index contributed by atoms with van der Waals surface area (Å²) >= 11 is 0. The van der Waals surface area contributed by atoms with Crippen LogP contribution in [0.3, 0.4) is 0 Å². The minimum Gasteiger partial charge on any atom is -0.297 e. The van der Waals surface area contributed by atoms with Gasteiger partial charge in [-0.1, -0.05) is 104 Å². The molecule has 28 heavy (non-hydrogen) atoms. The molecule has 0 aromatic heterocycles. The van der Waals surface area contributed by atoms with Crippen molar-refractivity contribution in [1.82, 2.24) is 5.32 Å². The smallest absolute Gasteiger partial charge is 0.0950 e. The van der Waals surface area contributed by atoms with Crippen LogP contribution in [0.1, 0.15) is 37.0 Å². The summed E-state index contributed by atoms with van der Waals surface area (Å²) in [6, 6.07) is 37.4. The van der Waals surface area contributed by atoms with E-state index in [4.69, 9.17) is 0 Å². The van der Waals surface area contributed by atoms with Crippen molar-refractivity contribution < 1.29 is 0 Å². The van der Waals surface area contributed by atoms with Gasteiger partial charge in [-0.2, -0.15) is 0 Å². The minimum absolute atomic E-state index is 0.367. The number of rotatable bonds is 6. The van der Waals surface area contributed by atoms with Gasteiger partial charge >= 0.3 is 0 Å². The molecule has 0 aliphatic rings. The van der Waals surface area contributed by atoms with E-state index >= 15 is 0 Å². The first-order valence-corrected chi connectivity index (χ1v) is 10.1. The highest BCUT2D eigenvalue weighted by molar-refractivity contribution is 5.83. The highest BCUT2D eigenvalue weighted by atomic mass is 15.0. The molecule has 4 rings (SSSR count). The Labute approximate surface area is 168 Å². The van der Waals surface area contributed by atoms with Crippen molar-refractivity contribution in [2.75, 3.05) is 0 Å². The van der Waals surface area contributed by atoms with Crippen molar-refractivity contribution >= 4 is 10.8 Å². The van der Waals surface area contributed by atoms with Gasteiger partial charge in [-0.3, -0.25) is 5.32 Å². The summed E-state index contributed by atoms with van der Waals surface area (Å²) in [7, 11) is 0. The fourth-order valence-electron chi connectivity index (χ4n) is 4.02. The standard InChI is InChI=1S/C27H27N/c1-3-21(2)28-27(24-14-6-4-7-15-24,25-16-8-5-9-17-25)26-19-18-22-12-10-11-13-23(22)20-26/h4-21,28H,3H2,1-2H3. The summed E-state index contributed by atoms with van der Waals surface area (Å²) in [5.41, 5.74) is 3.39. The second kappa shape index (κ2) is 8.00. The van der Waals surface area contributed by atoms with Crippen LogP contribution >= 0.6 is 0 Å². The Hall–Kier alpha value is -2.90. The van der Waals surface area contributed by atoms with Crippen LogP contribution in [0, 0.1) is 0 Å². The topological polar surface area (TPSA) is 12.0 Å². The van der Waals surface area contributed by atoms with Crippen LogP contribution in [0.15, 0.2) is 103 Å². The molecule has 0 saturated heterocycles. The average molecular weight is 366 g/mol. The van der Waals surface area contributed by atoms with Crippen LogP contribution in [-0.4, -0.2) is 6.04 Å². The molecule has 0 amide bonds. The lowest BCUT2D eigenvalue weighted by molar-refractivity contribution is 0.400. The summed E-state index contributed by atoms with van der Waals surface area (Å²) in [6.07, 6.45) is 1.06. The molecule has 1 unspecified atom stereocenters. The van der Waals surface area contributed by atoms with E-state index in [0.29, 0.717) is 6.04 Å². The summed E-state index contributed by atoms with van der Waals surface area (Å²) in [5.74, 6) is 0. The molecule has 0 radical (unpaired) electrons. The Morgan fingerprint density at radius 2 is 1.18 bits per heavy atom. The molecule has 0 fully saturated rings. The summed E-state index contributed by atoms with van der Waals surface area (Å²) in [6.45, 7) is 4.50. The third-order valence-electron chi connectivity index (χ3n) is 5.67. The average Bonchev–Trinajstić information content (AvgIpc) is 2.78. The maximum Gasteiger partial charge on any atom is 0.0950 e. The molecule has 0 spiro atoms. The quantitative estimate of drug-likeness (QED) is 0.384. The van der Waals surface area contributed by atoms with E-state index in [1.165, 1.54) is 27.5 Å². The number of hydrogen-bond acceptors (Lipinski definition) is 1. The Morgan fingerprint density at radius 3 is 1.75 bits per heavy atom. The van der Waals surface area contributed by atoms with Gasteiger partial charge in [-0.05, 0) is 46.9 Å². The first-order chi connectivity index (χ1) is 13.7. The van der Waals surface area contributed by atoms with E-state index < -0.39 is 5.54 Å². The molecule has 140 valence electrons. The van der Waals surface area contributed by atoms with Gasteiger partial charge in [0.1, 0.15) is 0 Å². The lowest BCUT2D eigenvalue weighted by atomic mass is 9.76. The third-order valence-corrected chi connectivity index (χ3v) is 5.67. The van der Waals surface area contributed by atoms with Crippen LogP contribution in [0.2, 0.25) is 0 Å². The van der Waals surface area contributed by atoms with Gasteiger partial charge in [0.2, 0.25) is 0 Å². The number of nitrogens with one attached hydrogen (secondary N) is 1. The monoisotopic (exact) mass is 365 g/mol. The van der Waals surface area contributed by atoms with E-state index in [1.807, 2.05) is 0 Å². The molecule has 1 heteroatoms. The number of hydrogen-bond donors (Lipinski definition) is 1. The first-order valence-electron chi connectivity index (χ1n) is 10.1. The van der Waals surface area contributed by atoms with E-state index in [-0.39, 0.29) is 0 Å². The van der Waals surface area contributed by atoms with Crippen LogP contribution in [-0.2, 0) is 5.54 Å². The Bertz CT molecular complexity index is 998. The van der Waals surface area contributed by atoms with Crippen molar-refractivity contribution in [3.8, 4) is 0 Å². The van der Waals surface area contributed by atoms with Crippen molar-refractivity contribution in [2.45, 2.75) is 31.8 Å². The highest BCUT2D eigenvalue weighted by Gasteiger charge is 2.37. The van der Waals surface area contributed by atoms with Crippen molar-refractivity contribution in [2.24, 2.45) is 0 Å². The molecule has 0 bridgehead atoms. The van der Waals surface area contributed by atoms with E-state index in [1.54, 1.807) is 0 Å². The normalized spacial score (nSPS) is 12.8. The zero-order valence-corrected chi connectivity index (χ0v) is 16.6. The third kappa shape index (κ3) is 3.34. The molecule has 4 aromatic carbocycles. The maximum absolute atomic E-state index is 3.99. The molecular weight excluding hydrogens is 338 g/mol. The molecule has 1 N–H and O–H groups in total. The largest absolute Gasteiger partial charge is 0.297 e. The number of fused-ring (bicyclic) bond motifs is 1. The van der Waals surface area contributed by atoms with Crippen molar-refractivity contribution in [3.63, 3.8) is 0 Å². The maximum atomic E-state index is 3.99. The van der Waals surface area contributed by atoms with Crippen LogP contribution in [0.5, 0.6) is 0 Å². The van der Waals surface area contributed by atoms with Crippen LogP contribution in [0.25, 0.3) is 10.8 Å². The van der Waals surface area contributed by atoms with E-state index in [2.05, 4.69) is 122 Å². The summed E-state index contributed by atoms with van der Waals surface area (Å²) < 4.78 is 0. The predicted octanol–water partition coefficient (Wildman–Crippen LogP) is 6.52. The first kappa shape index (κ1) is 18.5. The Kier molecular flexibility index (Phi) is 5.27. The SMILES string of the molecule is CCC(C)NC(c1ccccc1)(c1ccccc1)c1ccc2ccccc2c1. The van der Waals surface area contributed by atoms with Gasteiger partial charge < -0.3 is 0 Å². The fourth-order valence-corrected chi connectivity index (χ4v) is 4.02. The van der Waals surface area contributed by atoms with Gasteiger partial charge in [0.25, 0.3) is 0 Å². The second-order valence-corrected chi connectivity index (χ2v) is 7.50. The predicted molar refractivity (Wildman–Crippen MR) is 120 cm³/mol. The summed E-state index contributed by atoms with van der Waals surface area (Å²) in [4.78, 5) is 0. The molecule has 0 aliphatic heterocycles. The Balaban J connectivity index is 2.03. The minimum atomic E-state index is -0.401. The molecular formula is C27H27N. The van der Waals surface area contributed by atoms with Crippen LogP contribution < -0.4 is 5.32 Å². The zero-order chi connectivity index (χ0) is 19.4.